The highest BCUT2D eigenvalue weighted by Crippen LogP contribution is 2.03. The molecule has 0 saturated carbocycles. The number of carbonyl (C=O) groups excluding carboxylic acids is 3. The lowest BCUT2D eigenvalue weighted by molar-refractivity contribution is -0.140. The number of carboxylic acid groups (broad SMARTS) is 1. The number of hydrogen-bond donors (Lipinski definition) is 2. The molecule has 0 aromatic carbocycles. The van der Waals surface area contributed by atoms with Crippen LogP contribution in [0.2, 0.25) is 0 Å². The van der Waals surface area contributed by atoms with E-state index in [-0.39, 0.29) is 24.1 Å². The van der Waals surface area contributed by atoms with Gasteiger partial charge >= 0.3 is 18.0 Å². The maximum absolute atomic E-state index is 11.6. The molecule has 0 radical (unpaired) electrons. The van der Waals surface area contributed by atoms with Crippen LogP contribution in [0.5, 0.6) is 0 Å². The van der Waals surface area contributed by atoms with Gasteiger partial charge in [-0.3, -0.25) is 14.9 Å². The summed E-state index contributed by atoms with van der Waals surface area (Å²) in [5.74, 6) is -2.50. The third-order valence-corrected chi connectivity index (χ3v) is 2.67. The number of methoxy groups -OCH3 is 1. The maximum Gasteiger partial charge on any atom is 0.331 e. The summed E-state index contributed by atoms with van der Waals surface area (Å²) in [6, 6.07) is -0.726. The van der Waals surface area contributed by atoms with Gasteiger partial charge in [0, 0.05) is 24.7 Å². The third-order valence-electron chi connectivity index (χ3n) is 2.67. The highest BCUT2D eigenvalue weighted by molar-refractivity contribution is 6.07. The summed E-state index contributed by atoms with van der Waals surface area (Å²) in [6.07, 6.45) is -0.00240. The minimum absolute atomic E-state index is 0.00240. The van der Waals surface area contributed by atoms with Gasteiger partial charge in [-0.2, -0.15) is 0 Å². The molecule has 0 aliphatic heterocycles. The van der Waals surface area contributed by atoms with Gasteiger partial charge in [0.1, 0.15) is 0 Å². The van der Waals surface area contributed by atoms with Crippen LogP contribution in [0, 0.1) is 0 Å². The van der Waals surface area contributed by atoms with E-state index in [4.69, 9.17) is 5.11 Å². The second-order valence-electron chi connectivity index (χ2n) is 4.06. The molecule has 0 spiro atoms. The molecule has 2 N–H and O–H groups in total. The number of amides is 3. The fourth-order valence-corrected chi connectivity index (χ4v) is 1.08. The fraction of sp³-hybridized carbons (Fsp3) is 0.500. The summed E-state index contributed by atoms with van der Waals surface area (Å²) in [5.41, 5.74) is -0.209. The van der Waals surface area contributed by atoms with Gasteiger partial charge in [0.2, 0.25) is 0 Å². The monoisotopic (exact) mass is 286 g/mol. The van der Waals surface area contributed by atoms with Crippen molar-refractivity contribution in [3.8, 4) is 0 Å². The van der Waals surface area contributed by atoms with Crippen molar-refractivity contribution in [2.75, 3.05) is 20.7 Å². The zero-order valence-electron chi connectivity index (χ0n) is 11.8. The van der Waals surface area contributed by atoms with Gasteiger partial charge in [-0.1, -0.05) is 0 Å². The van der Waals surface area contributed by atoms with E-state index >= 15 is 0 Å². The van der Waals surface area contributed by atoms with Crippen LogP contribution in [0.4, 0.5) is 4.79 Å². The zero-order chi connectivity index (χ0) is 15.9. The van der Waals surface area contributed by atoms with Crippen molar-refractivity contribution in [2.45, 2.75) is 20.3 Å². The first kappa shape index (κ1) is 17.6. The molecule has 0 rings (SSSR count). The smallest absolute Gasteiger partial charge is 0.331 e. The van der Waals surface area contributed by atoms with Crippen molar-refractivity contribution in [3.63, 3.8) is 0 Å². The Hall–Kier alpha value is -2.38. The second kappa shape index (κ2) is 7.93. The molecule has 8 nitrogen and oxygen atoms in total. The number of ether oxygens (including phenoxy) is 1. The second-order valence-corrected chi connectivity index (χ2v) is 4.06. The number of carboxylic acids is 1. The average molecular weight is 286 g/mol. The summed E-state index contributed by atoms with van der Waals surface area (Å²) in [7, 11) is 2.63. The number of aliphatic carboxylic acids is 1. The van der Waals surface area contributed by atoms with E-state index in [0.717, 1.165) is 4.90 Å². The molecule has 0 aromatic heterocycles. The quantitative estimate of drug-likeness (QED) is 0.549. The van der Waals surface area contributed by atoms with Crippen molar-refractivity contribution in [1.29, 1.82) is 0 Å². The lowest BCUT2D eigenvalue weighted by Gasteiger charge is -2.16. The topological polar surface area (TPSA) is 113 Å². The molecule has 0 aromatic rings. The molecule has 0 saturated heterocycles. The largest absolute Gasteiger partial charge is 0.478 e. The normalized spacial score (nSPS) is 11.2. The molecular formula is C12H18N2O6. The molecule has 0 atom stereocenters. The predicted octanol–water partition coefficient (Wildman–Crippen LogP) is 0.139. The lowest BCUT2D eigenvalue weighted by atomic mass is 10.1. The number of nitrogens with one attached hydrogen (secondary N) is 1. The maximum atomic E-state index is 11.6. The first-order chi connectivity index (χ1) is 9.20. The van der Waals surface area contributed by atoms with E-state index < -0.39 is 23.9 Å². The molecule has 0 bridgehead atoms. The van der Waals surface area contributed by atoms with E-state index in [9.17, 15) is 19.2 Å². The van der Waals surface area contributed by atoms with Crippen molar-refractivity contribution >= 4 is 23.9 Å². The van der Waals surface area contributed by atoms with Gasteiger partial charge < -0.3 is 14.7 Å². The van der Waals surface area contributed by atoms with Gasteiger partial charge in [-0.05, 0) is 13.8 Å². The Bertz CT molecular complexity index is 455. The average Bonchev–Trinajstić information content (AvgIpc) is 2.41. The molecular weight excluding hydrogens is 268 g/mol. The summed E-state index contributed by atoms with van der Waals surface area (Å²) in [5, 5.41) is 10.8. The Balaban J connectivity index is 4.54. The van der Waals surface area contributed by atoms with Crippen LogP contribution in [0.1, 0.15) is 20.3 Å². The number of nitrogens with zero attached hydrogens (tertiary/aromatic N) is 1. The molecule has 0 fully saturated rings. The van der Waals surface area contributed by atoms with Gasteiger partial charge in [0.25, 0.3) is 5.91 Å². The molecule has 0 unspecified atom stereocenters. The molecule has 112 valence electrons. The Morgan fingerprint density at radius 1 is 1.15 bits per heavy atom. The summed E-state index contributed by atoms with van der Waals surface area (Å²) in [6.45, 7) is 2.65. The van der Waals surface area contributed by atoms with Crippen LogP contribution in [-0.4, -0.2) is 54.6 Å². The summed E-state index contributed by atoms with van der Waals surface area (Å²) < 4.78 is 4.42. The SMILES string of the molecule is COC(=O)CCN(C)C(=O)NC(=O)C(C)=C(C)C(=O)O. The zero-order valence-corrected chi connectivity index (χ0v) is 11.8. The first-order valence-electron chi connectivity index (χ1n) is 5.74. The highest BCUT2D eigenvalue weighted by atomic mass is 16.5. The van der Waals surface area contributed by atoms with Gasteiger partial charge in [-0.25, -0.2) is 9.59 Å². The molecule has 0 aliphatic rings. The van der Waals surface area contributed by atoms with Crippen LogP contribution in [0.15, 0.2) is 11.1 Å². The number of hydrogen-bond acceptors (Lipinski definition) is 5. The van der Waals surface area contributed by atoms with Crippen LogP contribution in [0.25, 0.3) is 0 Å². The van der Waals surface area contributed by atoms with Crippen molar-refractivity contribution in [1.82, 2.24) is 10.2 Å². The van der Waals surface area contributed by atoms with Gasteiger partial charge in [0.15, 0.2) is 0 Å². The third kappa shape index (κ3) is 5.51. The summed E-state index contributed by atoms with van der Waals surface area (Å²) in [4.78, 5) is 46.0. The van der Waals surface area contributed by atoms with Crippen molar-refractivity contribution < 1.29 is 29.0 Å². The van der Waals surface area contributed by atoms with E-state index in [1.54, 1.807) is 0 Å². The van der Waals surface area contributed by atoms with E-state index in [2.05, 4.69) is 4.74 Å². The predicted molar refractivity (Wildman–Crippen MR) is 68.8 cm³/mol. The first-order valence-corrected chi connectivity index (χ1v) is 5.74. The van der Waals surface area contributed by atoms with Gasteiger partial charge in [-0.15, -0.1) is 0 Å². The number of carbonyl (C=O) groups is 4. The van der Waals surface area contributed by atoms with Crippen LogP contribution in [-0.2, 0) is 19.1 Å². The minimum atomic E-state index is -1.23. The molecule has 3 amide bonds. The van der Waals surface area contributed by atoms with E-state index in [1.165, 1.54) is 28.0 Å². The van der Waals surface area contributed by atoms with Crippen LogP contribution >= 0.6 is 0 Å². The molecule has 8 heteroatoms. The van der Waals surface area contributed by atoms with Crippen LogP contribution in [0.3, 0.4) is 0 Å². The van der Waals surface area contributed by atoms with E-state index in [1.807, 2.05) is 5.32 Å². The highest BCUT2D eigenvalue weighted by Gasteiger charge is 2.17. The van der Waals surface area contributed by atoms with Crippen molar-refractivity contribution in [3.05, 3.63) is 11.1 Å². The fourth-order valence-electron chi connectivity index (χ4n) is 1.08. The standard InChI is InChI=1S/C12H18N2O6/c1-7(8(2)11(17)18)10(16)13-12(19)14(3)6-5-9(15)20-4/h5-6H2,1-4H3,(H,17,18)(H,13,16,19). The molecule has 0 heterocycles. The number of esters is 1. The van der Waals surface area contributed by atoms with Crippen LogP contribution < -0.4 is 5.32 Å². The Kier molecular flexibility index (Phi) is 6.98. The molecule has 20 heavy (non-hydrogen) atoms. The number of urea groups is 1. The van der Waals surface area contributed by atoms with Gasteiger partial charge in [0.05, 0.1) is 13.5 Å². The number of rotatable bonds is 5. The Morgan fingerprint density at radius 3 is 2.15 bits per heavy atom. The molecule has 0 aliphatic carbocycles. The van der Waals surface area contributed by atoms with Crippen molar-refractivity contribution in [2.24, 2.45) is 0 Å². The minimum Gasteiger partial charge on any atom is -0.478 e. The Morgan fingerprint density at radius 2 is 1.70 bits per heavy atom. The Labute approximate surface area is 116 Å². The lowest BCUT2D eigenvalue weighted by Crippen LogP contribution is -2.42. The summed E-state index contributed by atoms with van der Waals surface area (Å²) >= 11 is 0. The number of imide groups is 1. The van der Waals surface area contributed by atoms with E-state index in [0.29, 0.717) is 0 Å².